The van der Waals surface area contributed by atoms with Crippen LogP contribution in [0.5, 0.6) is 5.75 Å². The van der Waals surface area contributed by atoms with E-state index in [1.165, 1.54) is 23.3 Å². The number of carbonyl (C=O) groups excluding carboxylic acids is 1. The van der Waals surface area contributed by atoms with Crippen LogP contribution < -0.4 is 9.46 Å². The molecule has 2 saturated heterocycles. The number of ether oxygens (including phenoxy) is 2. The molecule has 8 nitrogen and oxygen atoms in total. The highest BCUT2D eigenvalue weighted by molar-refractivity contribution is 7.89. The number of piperazine rings is 1. The third kappa shape index (κ3) is 5.27. The van der Waals surface area contributed by atoms with Gasteiger partial charge in [0.25, 0.3) is 5.91 Å². The van der Waals surface area contributed by atoms with Gasteiger partial charge in [-0.05, 0) is 48.2 Å². The molecule has 0 aliphatic carbocycles. The van der Waals surface area contributed by atoms with Crippen molar-refractivity contribution in [3.63, 3.8) is 0 Å². The van der Waals surface area contributed by atoms with Crippen molar-refractivity contribution in [2.75, 3.05) is 45.9 Å². The molecule has 1 unspecified atom stereocenters. The molecule has 2 aromatic rings. The topological polar surface area (TPSA) is 88.2 Å². The Bertz CT molecular complexity index is 1140. The fraction of sp³-hybridized carbons (Fsp3) is 0.480. The van der Waals surface area contributed by atoms with Crippen molar-refractivity contribution >= 4 is 15.9 Å². The number of fused-ring (bicyclic) bond motifs is 1. The summed E-state index contributed by atoms with van der Waals surface area (Å²) in [5.74, 6) is 0.857. The standard InChI is InChI=1S/C25H31N3O5S/c29-25(21-3-1-5-23(16-21)34(30,31)26-17-22-4-2-13-32-22)28-11-9-27(10-12-28)18-19-6-7-24-20(15-19)8-14-33-24/h1,3,5-7,15-16,22,26H,2,4,8-14,17-18H2. The van der Waals surface area contributed by atoms with Gasteiger partial charge in [-0.15, -0.1) is 0 Å². The van der Waals surface area contributed by atoms with E-state index in [9.17, 15) is 13.2 Å². The Morgan fingerprint density at radius 2 is 1.91 bits per heavy atom. The van der Waals surface area contributed by atoms with Gasteiger partial charge in [0.15, 0.2) is 0 Å². The van der Waals surface area contributed by atoms with E-state index in [2.05, 4.69) is 21.8 Å². The summed E-state index contributed by atoms with van der Waals surface area (Å²) in [4.78, 5) is 17.4. The van der Waals surface area contributed by atoms with Crippen molar-refractivity contribution in [3.05, 3.63) is 59.2 Å². The molecule has 1 amide bonds. The van der Waals surface area contributed by atoms with Crippen LogP contribution in [-0.4, -0.2) is 76.2 Å². The molecule has 1 N–H and O–H groups in total. The molecular formula is C25H31N3O5S. The lowest BCUT2D eigenvalue weighted by Gasteiger charge is -2.35. The van der Waals surface area contributed by atoms with Crippen LogP contribution in [-0.2, 0) is 27.7 Å². The van der Waals surface area contributed by atoms with Crippen LogP contribution in [0.25, 0.3) is 0 Å². The predicted octanol–water partition coefficient (Wildman–Crippen LogP) is 2.04. The number of nitrogens with one attached hydrogen (secondary N) is 1. The molecule has 3 aliphatic rings. The van der Waals surface area contributed by atoms with Crippen molar-refractivity contribution in [1.82, 2.24) is 14.5 Å². The van der Waals surface area contributed by atoms with Gasteiger partial charge < -0.3 is 14.4 Å². The van der Waals surface area contributed by atoms with Gasteiger partial charge in [-0.2, -0.15) is 0 Å². The normalized spacial score (nSPS) is 20.8. The molecule has 5 rings (SSSR count). The number of hydrogen-bond acceptors (Lipinski definition) is 6. The Labute approximate surface area is 200 Å². The number of rotatable bonds is 7. The summed E-state index contributed by atoms with van der Waals surface area (Å²) in [5, 5.41) is 0. The molecule has 9 heteroatoms. The van der Waals surface area contributed by atoms with Crippen LogP contribution in [0.3, 0.4) is 0 Å². The molecule has 0 saturated carbocycles. The fourth-order valence-corrected chi connectivity index (χ4v) is 5.89. The maximum atomic E-state index is 13.1. The lowest BCUT2D eigenvalue weighted by Crippen LogP contribution is -2.48. The van der Waals surface area contributed by atoms with Gasteiger partial charge in [0.1, 0.15) is 5.75 Å². The minimum absolute atomic E-state index is 0.0824. The van der Waals surface area contributed by atoms with Gasteiger partial charge in [-0.25, -0.2) is 13.1 Å². The lowest BCUT2D eigenvalue weighted by molar-refractivity contribution is 0.0628. The first-order valence-corrected chi connectivity index (χ1v) is 13.4. The maximum Gasteiger partial charge on any atom is 0.253 e. The number of amides is 1. The molecule has 2 fully saturated rings. The van der Waals surface area contributed by atoms with Crippen molar-refractivity contribution in [3.8, 4) is 5.75 Å². The highest BCUT2D eigenvalue weighted by atomic mass is 32.2. The van der Waals surface area contributed by atoms with Crippen LogP contribution in [0, 0.1) is 0 Å². The molecule has 2 aromatic carbocycles. The maximum absolute atomic E-state index is 13.1. The van der Waals surface area contributed by atoms with Gasteiger partial charge in [-0.1, -0.05) is 18.2 Å². The van der Waals surface area contributed by atoms with Gasteiger partial charge in [0.05, 0.1) is 17.6 Å². The first kappa shape index (κ1) is 23.3. The second-order valence-electron chi connectivity index (χ2n) is 9.12. The molecule has 0 aromatic heterocycles. The number of carbonyl (C=O) groups is 1. The Balaban J connectivity index is 1.17. The minimum Gasteiger partial charge on any atom is -0.493 e. The molecular weight excluding hydrogens is 454 g/mol. The summed E-state index contributed by atoms with van der Waals surface area (Å²) < 4.78 is 39.1. The van der Waals surface area contributed by atoms with E-state index in [1.54, 1.807) is 17.0 Å². The summed E-state index contributed by atoms with van der Waals surface area (Å²) in [6.45, 7) is 5.31. The number of hydrogen-bond donors (Lipinski definition) is 1. The molecule has 0 spiro atoms. The number of sulfonamides is 1. The second kappa shape index (κ2) is 10.0. The van der Waals surface area contributed by atoms with E-state index in [0.717, 1.165) is 51.3 Å². The molecule has 182 valence electrons. The van der Waals surface area contributed by atoms with Crippen LogP contribution in [0.1, 0.15) is 34.3 Å². The monoisotopic (exact) mass is 485 g/mol. The Kier molecular flexibility index (Phi) is 6.87. The van der Waals surface area contributed by atoms with Crippen LogP contribution in [0.2, 0.25) is 0 Å². The highest BCUT2D eigenvalue weighted by Gasteiger charge is 2.25. The quantitative estimate of drug-likeness (QED) is 0.646. The Morgan fingerprint density at radius 3 is 2.71 bits per heavy atom. The first-order valence-electron chi connectivity index (χ1n) is 12.0. The van der Waals surface area contributed by atoms with E-state index < -0.39 is 10.0 Å². The third-order valence-corrected chi connectivity index (χ3v) is 8.16. The summed E-state index contributed by atoms with van der Waals surface area (Å²) in [7, 11) is -3.70. The van der Waals surface area contributed by atoms with E-state index >= 15 is 0 Å². The van der Waals surface area contributed by atoms with Gasteiger partial charge >= 0.3 is 0 Å². The second-order valence-corrected chi connectivity index (χ2v) is 10.9. The van der Waals surface area contributed by atoms with Crippen molar-refractivity contribution < 1.29 is 22.7 Å². The summed E-state index contributed by atoms with van der Waals surface area (Å²) in [5.41, 5.74) is 2.93. The van der Waals surface area contributed by atoms with Crippen LogP contribution >= 0.6 is 0 Å². The van der Waals surface area contributed by atoms with E-state index in [1.807, 2.05) is 6.07 Å². The molecule has 0 radical (unpaired) electrons. The Morgan fingerprint density at radius 1 is 1.06 bits per heavy atom. The molecule has 3 heterocycles. The third-order valence-electron chi connectivity index (χ3n) is 6.74. The zero-order chi connectivity index (χ0) is 23.5. The number of benzene rings is 2. The molecule has 0 bridgehead atoms. The highest BCUT2D eigenvalue weighted by Crippen LogP contribution is 2.26. The average Bonchev–Trinajstić information content (AvgIpc) is 3.55. The number of nitrogens with zero attached hydrogens (tertiary/aromatic N) is 2. The summed E-state index contributed by atoms with van der Waals surface area (Å²) >= 11 is 0. The van der Waals surface area contributed by atoms with Crippen LogP contribution in [0.4, 0.5) is 0 Å². The molecule has 1 atom stereocenters. The summed E-state index contributed by atoms with van der Waals surface area (Å²) in [6, 6.07) is 12.7. The van der Waals surface area contributed by atoms with E-state index in [0.29, 0.717) is 25.3 Å². The first-order chi connectivity index (χ1) is 16.5. The van der Waals surface area contributed by atoms with Crippen LogP contribution in [0.15, 0.2) is 47.4 Å². The van der Waals surface area contributed by atoms with E-state index in [4.69, 9.17) is 9.47 Å². The fourth-order valence-electron chi connectivity index (χ4n) is 4.78. The molecule has 34 heavy (non-hydrogen) atoms. The Hall–Kier alpha value is -2.46. The summed E-state index contributed by atoms with van der Waals surface area (Å²) in [6.07, 6.45) is 2.69. The van der Waals surface area contributed by atoms with Crippen molar-refractivity contribution in [2.45, 2.75) is 36.8 Å². The smallest absolute Gasteiger partial charge is 0.253 e. The minimum atomic E-state index is -3.70. The average molecular weight is 486 g/mol. The van der Waals surface area contributed by atoms with Gasteiger partial charge in [-0.3, -0.25) is 9.69 Å². The van der Waals surface area contributed by atoms with Crippen molar-refractivity contribution in [1.29, 1.82) is 0 Å². The van der Waals surface area contributed by atoms with Gasteiger partial charge in [0, 0.05) is 57.9 Å². The zero-order valence-corrected chi connectivity index (χ0v) is 20.1. The SMILES string of the molecule is O=C(c1cccc(S(=O)(=O)NCC2CCCO2)c1)N1CCN(Cc2ccc3c(c2)CCO3)CC1. The zero-order valence-electron chi connectivity index (χ0n) is 19.2. The van der Waals surface area contributed by atoms with Gasteiger partial charge in [0.2, 0.25) is 10.0 Å². The largest absolute Gasteiger partial charge is 0.493 e. The lowest BCUT2D eigenvalue weighted by atomic mass is 10.1. The van der Waals surface area contributed by atoms with E-state index in [-0.39, 0.29) is 23.5 Å². The molecule has 3 aliphatic heterocycles. The predicted molar refractivity (Wildman–Crippen MR) is 127 cm³/mol. The van der Waals surface area contributed by atoms with Crippen molar-refractivity contribution in [2.24, 2.45) is 0 Å².